The number of unbranched alkanes of at least 4 members (excludes halogenated alkanes) is 3. The lowest BCUT2D eigenvalue weighted by molar-refractivity contribution is 0.208. The molecule has 1 N–H and O–H groups in total. The average Bonchev–Trinajstić information content (AvgIpc) is 2.32. The lowest BCUT2D eigenvalue weighted by atomic mass is 10.1. The fourth-order valence-corrected chi connectivity index (χ4v) is 3.66. The predicted octanol–water partition coefficient (Wildman–Crippen LogP) is 3.37. The van der Waals surface area contributed by atoms with Gasteiger partial charge in [0, 0.05) is 29.6 Å². The van der Waals surface area contributed by atoms with Gasteiger partial charge in [-0.3, -0.25) is 4.90 Å². The molecule has 0 radical (unpaired) electrons. The third-order valence-corrected chi connectivity index (χ3v) is 5.28. The maximum Gasteiger partial charge on any atom is 0.0184 e. The Kier molecular flexibility index (Phi) is 8.36. The van der Waals surface area contributed by atoms with Crippen LogP contribution in [0.2, 0.25) is 0 Å². The van der Waals surface area contributed by atoms with E-state index in [0.29, 0.717) is 6.04 Å². The Hall–Kier alpha value is 0.270. The standard InChI is InChI=1S/C15H32N2S/c1-13(2)16-9-7-5-6-8-10-17-11-12-18-15(4)14(17)3/h13-16H,5-12H2,1-4H3. The van der Waals surface area contributed by atoms with E-state index >= 15 is 0 Å². The molecule has 3 heteroatoms. The van der Waals surface area contributed by atoms with Crippen LogP contribution >= 0.6 is 11.8 Å². The molecule has 2 atom stereocenters. The summed E-state index contributed by atoms with van der Waals surface area (Å²) in [6.45, 7) is 13.0. The van der Waals surface area contributed by atoms with Crippen molar-refractivity contribution >= 4 is 11.8 Å². The Labute approximate surface area is 118 Å². The lowest BCUT2D eigenvalue weighted by Crippen LogP contribution is -2.44. The van der Waals surface area contributed by atoms with Crippen LogP contribution in [0.25, 0.3) is 0 Å². The Morgan fingerprint density at radius 3 is 2.61 bits per heavy atom. The van der Waals surface area contributed by atoms with E-state index in [4.69, 9.17) is 0 Å². The van der Waals surface area contributed by atoms with Crippen molar-refractivity contribution in [2.45, 2.75) is 70.7 Å². The van der Waals surface area contributed by atoms with E-state index in [0.717, 1.165) is 11.3 Å². The smallest absolute Gasteiger partial charge is 0.0184 e. The summed E-state index contributed by atoms with van der Waals surface area (Å²) in [6, 6.07) is 1.41. The molecule has 2 nitrogen and oxygen atoms in total. The monoisotopic (exact) mass is 272 g/mol. The van der Waals surface area contributed by atoms with Gasteiger partial charge < -0.3 is 5.32 Å². The normalized spacial score (nSPS) is 25.8. The largest absolute Gasteiger partial charge is 0.315 e. The van der Waals surface area contributed by atoms with Crippen molar-refractivity contribution in [3.63, 3.8) is 0 Å². The molecule has 1 aliphatic rings. The van der Waals surface area contributed by atoms with Gasteiger partial charge in [0.1, 0.15) is 0 Å². The third kappa shape index (κ3) is 6.44. The highest BCUT2D eigenvalue weighted by Gasteiger charge is 2.24. The maximum absolute atomic E-state index is 3.49. The Balaban J connectivity index is 1.97. The van der Waals surface area contributed by atoms with E-state index in [9.17, 15) is 0 Å². The molecule has 18 heavy (non-hydrogen) atoms. The molecule has 0 bridgehead atoms. The topological polar surface area (TPSA) is 15.3 Å². The maximum atomic E-state index is 3.49. The minimum Gasteiger partial charge on any atom is -0.315 e. The second-order valence-electron chi connectivity index (χ2n) is 5.88. The molecule has 0 saturated carbocycles. The van der Waals surface area contributed by atoms with Crippen LogP contribution in [0.15, 0.2) is 0 Å². The minimum atomic E-state index is 0.637. The van der Waals surface area contributed by atoms with Gasteiger partial charge >= 0.3 is 0 Å². The molecule has 1 aliphatic heterocycles. The van der Waals surface area contributed by atoms with Crippen molar-refractivity contribution < 1.29 is 0 Å². The minimum absolute atomic E-state index is 0.637. The van der Waals surface area contributed by atoms with Crippen LogP contribution in [0, 0.1) is 0 Å². The number of hydrogen-bond acceptors (Lipinski definition) is 3. The van der Waals surface area contributed by atoms with E-state index in [1.165, 1.54) is 51.1 Å². The predicted molar refractivity (Wildman–Crippen MR) is 84.6 cm³/mol. The van der Waals surface area contributed by atoms with Crippen LogP contribution in [0.4, 0.5) is 0 Å². The quantitative estimate of drug-likeness (QED) is 0.682. The molecular formula is C15H32N2S. The molecule has 0 spiro atoms. The van der Waals surface area contributed by atoms with Crippen LogP contribution < -0.4 is 5.32 Å². The van der Waals surface area contributed by atoms with Gasteiger partial charge in [0.15, 0.2) is 0 Å². The van der Waals surface area contributed by atoms with E-state index in [1.807, 2.05) is 0 Å². The van der Waals surface area contributed by atoms with Gasteiger partial charge in [-0.2, -0.15) is 11.8 Å². The van der Waals surface area contributed by atoms with Gasteiger partial charge in [0.2, 0.25) is 0 Å². The molecule has 1 heterocycles. The Morgan fingerprint density at radius 1 is 1.17 bits per heavy atom. The Morgan fingerprint density at radius 2 is 1.89 bits per heavy atom. The van der Waals surface area contributed by atoms with Crippen LogP contribution in [-0.2, 0) is 0 Å². The summed E-state index contributed by atoms with van der Waals surface area (Å²) < 4.78 is 0. The van der Waals surface area contributed by atoms with Crippen LogP contribution in [0.5, 0.6) is 0 Å². The summed E-state index contributed by atoms with van der Waals surface area (Å²) in [7, 11) is 0. The summed E-state index contributed by atoms with van der Waals surface area (Å²) in [5.74, 6) is 1.32. The summed E-state index contributed by atoms with van der Waals surface area (Å²) in [6.07, 6.45) is 5.49. The van der Waals surface area contributed by atoms with Gasteiger partial charge in [-0.1, -0.05) is 33.6 Å². The zero-order valence-electron chi connectivity index (χ0n) is 12.7. The van der Waals surface area contributed by atoms with Crippen molar-refractivity contribution in [3.05, 3.63) is 0 Å². The van der Waals surface area contributed by atoms with E-state index < -0.39 is 0 Å². The van der Waals surface area contributed by atoms with E-state index in [1.54, 1.807) is 0 Å². The molecule has 1 saturated heterocycles. The number of hydrogen-bond donors (Lipinski definition) is 1. The fourth-order valence-electron chi connectivity index (χ4n) is 2.50. The summed E-state index contributed by atoms with van der Waals surface area (Å²) in [5.41, 5.74) is 0. The van der Waals surface area contributed by atoms with Gasteiger partial charge in [0.25, 0.3) is 0 Å². The molecule has 0 amide bonds. The first-order chi connectivity index (χ1) is 8.61. The van der Waals surface area contributed by atoms with Crippen molar-refractivity contribution in [2.24, 2.45) is 0 Å². The molecule has 2 unspecified atom stereocenters. The summed E-state index contributed by atoms with van der Waals surface area (Å²) in [5, 5.41) is 4.30. The van der Waals surface area contributed by atoms with Gasteiger partial charge in [-0.25, -0.2) is 0 Å². The van der Waals surface area contributed by atoms with Crippen LogP contribution in [-0.4, -0.2) is 47.6 Å². The highest BCUT2D eigenvalue weighted by Crippen LogP contribution is 2.24. The number of rotatable bonds is 8. The summed E-state index contributed by atoms with van der Waals surface area (Å²) in [4.78, 5) is 2.69. The molecule has 1 fully saturated rings. The molecule has 108 valence electrons. The lowest BCUT2D eigenvalue weighted by Gasteiger charge is -2.37. The fraction of sp³-hybridized carbons (Fsp3) is 1.00. The van der Waals surface area contributed by atoms with Crippen LogP contribution in [0.1, 0.15) is 53.4 Å². The van der Waals surface area contributed by atoms with Crippen molar-refractivity contribution in [1.29, 1.82) is 0 Å². The van der Waals surface area contributed by atoms with Crippen molar-refractivity contribution in [1.82, 2.24) is 10.2 Å². The third-order valence-electron chi connectivity index (χ3n) is 3.94. The van der Waals surface area contributed by atoms with Gasteiger partial charge in [-0.15, -0.1) is 0 Å². The van der Waals surface area contributed by atoms with Crippen molar-refractivity contribution in [3.8, 4) is 0 Å². The zero-order valence-corrected chi connectivity index (χ0v) is 13.6. The summed E-state index contributed by atoms with van der Waals surface area (Å²) >= 11 is 2.13. The SMILES string of the molecule is CC(C)NCCCCCCN1CCSC(C)C1C. The molecule has 0 aromatic rings. The first-order valence-electron chi connectivity index (χ1n) is 7.70. The second kappa shape index (κ2) is 9.22. The molecule has 0 aliphatic carbocycles. The van der Waals surface area contributed by atoms with Crippen LogP contribution in [0.3, 0.4) is 0 Å². The highest BCUT2D eigenvalue weighted by atomic mass is 32.2. The number of thioether (sulfide) groups is 1. The zero-order chi connectivity index (χ0) is 13.4. The molecule has 0 aromatic carbocycles. The first-order valence-corrected chi connectivity index (χ1v) is 8.75. The number of nitrogens with one attached hydrogen (secondary N) is 1. The first kappa shape index (κ1) is 16.3. The number of nitrogens with zero attached hydrogens (tertiary/aromatic N) is 1. The van der Waals surface area contributed by atoms with Gasteiger partial charge in [-0.05, 0) is 32.9 Å². The average molecular weight is 273 g/mol. The second-order valence-corrected chi connectivity index (χ2v) is 7.36. The van der Waals surface area contributed by atoms with Crippen molar-refractivity contribution in [2.75, 3.05) is 25.4 Å². The van der Waals surface area contributed by atoms with Gasteiger partial charge in [0.05, 0.1) is 0 Å². The Bertz CT molecular complexity index is 209. The molecule has 0 aromatic heterocycles. The van der Waals surface area contributed by atoms with E-state index in [2.05, 4.69) is 49.7 Å². The molecule has 1 rings (SSSR count). The highest BCUT2D eigenvalue weighted by molar-refractivity contribution is 8.00. The molecular weight excluding hydrogens is 240 g/mol. The van der Waals surface area contributed by atoms with E-state index in [-0.39, 0.29) is 0 Å².